The Morgan fingerprint density at radius 1 is 1.32 bits per heavy atom. The zero-order chi connectivity index (χ0) is 24.1. The van der Waals surface area contributed by atoms with Crippen molar-refractivity contribution < 1.29 is 13.9 Å². The van der Waals surface area contributed by atoms with Crippen molar-refractivity contribution in [3.05, 3.63) is 64.6 Å². The van der Waals surface area contributed by atoms with E-state index in [1.807, 2.05) is 6.92 Å². The first-order chi connectivity index (χ1) is 16.4. The number of nitrogens with one attached hydrogen (secondary N) is 2. The van der Waals surface area contributed by atoms with Gasteiger partial charge >= 0.3 is 0 Å². The summed E-state index contributed by atoms with van der Waals surface area (Å²) in [5, 5.41) is 6.68. The van der Waals surface area contributed by atoms with Crippen molar-refractivity contribution in [2.75, 3.05) is 31.6 Å². The average Bonchev–Trinajstić information content (AvgIpc) is 3.31. The molecular weight excluding hydrogens is 461 g/mol. The topological polar surface area (TPSA) is 120 Å². The molecule has 11 heteroatoms. The highest BCUT2D eigenvalue weighted by Crippen LogP contribution is 2.20. The molecule has 34 heavy (non-hydrogen) atoms. The number of hydrogen-bond acceptors (Lipinski definition) is 8. The number of ketones is 1. The molecule has 1 aliphatic heterocycles. The van der Waals surface area contributed by atoms with E-state index >= 15 is 0 Å². The number of aryl methyl sites for hydroxylation is 1. The van der Waals surface area contributed by atoms with E-state index in [1.165, 1.54) is 12.1 Å². The van der Waals surface area contributed by atoms with Crippen LogP contribution in [0.2, 0.25) is 5.02 Å². The van der Waals surface area contributed by atoms with E-state index in [9.17, 15) is 9.18 Å². The minimum atomic E-state index is -0.460. The lowest BCUT2D eigenvalue weighted by Gasteiger charge is -2.23. The number of rotatable bonds is 9. The minimum Gasteiger partial charge on any atom is -0.381 e. The normalized spacial score (nSPS) is 15.3. The highest BCUT2D eigenvalue weighted by atomic mass is 35.5. The van der Waals surface area contributed by atoms with E-state index in [0.717, 1.165) is 18.4 Å². The van der Waals surface area contributed by atoms with Gasteiger partial charge in [-0.3, -0.25) is 9.36 Å². The number of nitrogens with two attached hydrogens (primary N) is 1. The van der Waals surface area contributed by atoms with Crippen LogP contribution in [0.15, 0.2) is 36.9 Å². The van der Waals surface area contributed by atoms with Gasteiger partial charge < -0.3 is 21.1 Å². The van der Waals surface area contributed by atoms with Gasteiger partial charge in [0.2, 0.25) is 5.95 Å². The van der Waals surface area contributed by atoms with Crippen molar-refractivity contribution in [1.29, 1.82) is 0 Å². The smallest absolute Gasteiger partial charge is 0.224 e. The van der Waals surface area contributed by atoms with Gasteiger partial charge in [-0.05, 0) is 43.5 Å². The third-order valence-corrected chi connectivity index (χ3v) is 5.86. The summed E-state index contributed by atoms with van der Waals surface area (Å²) in [5.41, 5.74) is 7.52. The Kier molecular flexibility index (Phi) is 7.84. The maximum Gasteiger partial charge on any atom is 0.224 e. The van der Waals surface area contributed by atoms with Gasteiger partial charge in [-0.25, -0.2) is 14.4 Å². The van der Waals surface area contributed by atoms with Gasteiger partial charge in [-0.1, -0.05) is 11.6 Å². The SMILES string of the molecule is Cc1cnc(NC2CCOCC2)nc1-n1cnc(C(=O)CN[C@H](CN)c2cc(F)cc(Cl)c2)c1. The van der Waals surface area contributed by atoms with Gasteiger partial charge in [0.1, 0.15) is 23.7 Å². The molecule has 0 aliphatic carbocycles. The van der Waals surface area contributed by atoms with Gasteiger partial charge in [-0.15, -0.1) is 0 Å². The zero-order valence-electron chi connectivity index (χ0n) is 18.8. The second kappa shape index (κ2) is 11.0. The van der Waals surface area contributed by atoms with Gasteiger partial charge in [0.05, 0.1) is 6.54 Å². The van der Waals surface area contributed by atoms with Crippen LogP contribution in [0.25, 0.3) is 5.82 Å². The molecule has 9 nitrogen and oxygen atoms in total. The number of benzene rings is 1. The van der Waals surface area contributed by atoms with Crippen molar-refractivity contribution in [3.8, 4) is 5.82 Å². The van der Waals surface area contributed by atoms with E-state index < -0.39 is 11.9 Å². The van der Waals surface area contributed by atoms with E-state index in [1.54, 1.807) is 29.4 Å². The lowest BCUT2D eigenvalue weighted by Crippen LogP contribution is -2.32. The molecule has 0 spiro atoms. The number of nitrogens with zero attached hydrogens (tertiary/aromatic N) is 4. The number of anilines is 1. The molecule has 1 saturated heterocycles. The number of Topliss-reactive ketones (excluding diaryl/α,β-unsaturated/α-hetero) is 1. The van der Waals surface area contributed by atoms with Crippen molar-refractivity contribution in [2.45, 2.75) is 31.8 Å². The summed E-state index contributed by atoms with van der Waals surface area (Å²) in [4.78, 5) is 26.0. The molecule has 3 heterocycles. The Bertz CT molecular complexity index is 1130. The lowest BCUT2D eigenvalue weighted by molar-refractivity contribution is 0.0903. The summed E-state index contributed by atoms with van der Waals surface area (Å²) in [6.45, 7) is 3.48. The Morgan fingerprint density at radius 3 is 2.85 bits per heavy atom. The third kappa shape index (κ3) is 5.95. The molecule has 3 aromatic rings. The number of halogens is 2. The molecule has 1 aromatic carbocycles. The minimum absolute atomic E-state index is 0.0215. The number of aromatic nitrogens is 4. The third-order valence-electron chi connectivity index (χ3n) is 5.64. The monoisotopic (exact) mass is 487 g/mol. The van der Waals surface area contributed by atoms with Gasteiger partial charge in [-0.2, -0.15) is 4.98 Å². The molecule has 1 atom stereocenters. The van der Waals surface area contributed by atoms with Crippen LogP contribution in [-0.4, -0.2) is 57.6 Å². The predicted octanol–water partition coefficient (Wildman–Crippen LogP) is 2.83. The maximum absolute atomic E-state index is 13.7. The number of carbonyl (C=O) groups excluding carboxylic acids is 1. The molecule has 1 fully saturated rings. The number of carbonyl (C=O) groups is 1. The Hall–Kier alpha value is -2.92. The summed E-state index contributed by atoms with van der Waals surface area (Å²) in [6, 6.07) is 4.02. The first-order valence-electron chi connectivity index (χ1n) is 11.1. The quantitative estimate of drug-likeness (QED) is 0.394. The first-order valence-corrected chi connectivity index (χ1v) is 11.5. The van der Waals surface area contributed by atoms with E-state index in [-0.39, 0.29) is 35.6 Å². The Balaban J connectivity index is 1.43. The molecule has 180 valence electrons. The summed E-state index contributed by atoms with van der Waals surface area (Å²) in [6.07, 6.45) is 6.72. The second-order valence-electron chi connectivity index (χ2n) is 8.19. The first kappa shape index (κ1) is 24.2. The van der Waals surface area contributed by atoms with Crippen molar-refractivity contribution >= 4 is 23.3 Å². The summed E-state index contributed by atoms with van der Waals surface area (Å²) in [5.74, 6) is 0.472. The Labute approximate surface area is 201 Å². The van der Waals surface area contributed by atoms with Crippen LogP contribution in [-0.2, 0) is 4.74 Å². The molecule has 1 aliphatic rings. The molecule has 2 aromatic heterocycles. The zero-order valence-corrected chi connectivity index (χ0v) is 19.6. The standard InChI is InChI=1S/C23H27ClFN7O2/c1-14-10-28-23(30-18-2-4-34-5-3-18)31-22(14)32-12-20(29-13-32)21(33)11-27-19(9-26)15-6-16(24)8-17(25)7-15/h6-8,10,12-13,18-19,27H,2-5,9,11,26H2,1H3,(H,28,30,31)/t19-/m1/s1. The highest BCUT2D eigenvalue weighted by Gasteiger charge is 2.18. The van der Waals surface area contributed by atoms with Crippen LogP contribution in [0.5, 0.6) is 0 Å². The molecule has 0 bridgehead atoms. The fourth-order valence-corrected chi connectivity index (χ4v) is 4.02. The molecule has 0 amide bonds. The largest absolute Gasteiger partial charge is 0.381 e. The van der Waals surface area contributed by atoms with Crippen molar-refractivity contribution in [2.24, 2.45) is 5.73 Å². The van der Waals surface area contributed by atoms with Crippen LogP contribution >= 0.6 is 11.6 Å². The number of ether oxygens (including phenoxy) is 1. The van der Waals surface area contributed by atoms with E-state index in [2.05, 4.69) is 25.6 Å². The molecule has 4 N–H and O–H groups in total. The van der Waals surface area contributed by atoms with Crippen LogP contribution < -0.4 is 16.4 Å². The van der Waals surface area contributed by atoms with Gasteiger partial charge in [0.25, 0.3) is 0 Å². The van der Waals surface area contributed by atoms with Gasteiger partial charge in [0.15, 0.2) is 5.78 Å². The molecular formula is C23H27ClFN7O2. The van der Waals surface area contributed by atoms with Crippen molar-refractivity contribution in [1.82, 2.24) is 24.8 Å². The second-order valence-corrected chi connectivity index (χ2v) is 8.63. The maximum atomic E-state index is 13.7. The van der Waals surface area contributed by atoms with Crippen LogP contribution in [0, 0.1) is 12.7 Å². The van der Waals surface area contributed by atoms with E-state index in [4.69, 9.17) is 22.1 Å². The molecule has 0 unspecified atom stereocenters. The number of hydrogen-bond donors (Lipinski definition) is 3. The van der Waals surface area contributed by atoms with Gasteiger partial charge in [0, 0.05) is 54.8 Å². The fourth-order valence-electron chi connectivity index (χ4n) is 3.79. The predicted molar refractivity (Wildman–Crippen MR) is 127 cm³/mol. The van der Waals surface area contributed by atoms with Crippen LogP contribution in [0.3, 0.4) is 0 Å². The molecule has 0 radical (unpaired) electrons. The van der Waals surface area contributed by atoms with Crippen LogP contribution in [0.4, 0.5) is 10.3 Å². The van der Waals surface area contributed by atoms with E-state index in [0.29, 0.717) is 30.5 Å². The summed E-state index contributed by atoms with van der Waals surface area (Å²) < 4.78 is 20.8. The van der Waals surface area contributed by atoms with Crippen molar-refractivity contribution in [3.63, 3.8) is 0 Å². The molecule has 4 rings (SSSR count). The Morgan fingerprint density at radius 2 is 2.12 bits per heavy atom. The molecule has 0 saturated carbocycles. The fraction of sp³-hybridized carbons (Fsp3) is 0.391. The summed E-state index contributed by atoms with van der Waals surface area (Å²) in [7, 11) is 0. The lowest BCUT2D eigenvalue weighted by atomic mass is 10.1. The average molecular weight is 488 g/mol. The highest BCUT2D eigenvalue weighted by molar-refractivity contribution is 6.30. The van der Waals surface area contributed by atoms with Crippen LogP contribution in [0.1, 0.15) is 40.5 Å². The number of imidazole rings is 1. The summed E-state index contributed by atoms with van der Waals surface area (Å²) >= 11 is 5.94.